The first kappa shape index (κ1) is 20.7. The van der Waals surface area contributed by atoms with E-state index >= 15 is 0 Å². The standard InChI is InChI=1S/C24H24ClNO3/c1-3-29-22-12-6-17(7-13-22)23(26-20-10-14-21(28-2)15-11-20)16-24(27)18-4-8-19(25)9-5-18/h4-15,23,26H,3,16H2,1-2H3. The van der Waals surface area contributed by atoms with Crippen LogP contribution in [-0.4, -0.2) is 19.5 Å². The summed E-state index contributed by atoms with van der Waals surface area (Å²) in [7, 11) is 1.63. The van der Waals surface area contributed by atoms with Gasteiger partial charge in [0.1, 0.15) is 11.5 Å². The van der Waals surface area contributed by atoms with Crippen LogP contribution in [0.4, 0.5) is 5.69 Å². The van der Waals surface area contributed by atoms with Gasteiger partial charge in [0.2, 0.25) is 0 Å². The Morgan fingerprint density at radius 1 is 0.931 bits per heavy atom. The lowest BCUT2D eigenvalue weighted by atomic mass is 9.97. The molecule has 0 aliphatic carbocycles. The van der Waals surface area contributed by atoms with Crippen LogP contribution in [0.5, 0.6) is 11.5 Å². The summed E-state index contributed by atoms with van der Waals surface area (Å²) >= 11 is 5.94. The maximum atomic E-state index is 12.9. The number of methoxy groups -OCH3 is 1. The van der Waals surface area contributed by atoms with Crippen LogP contribution < -0.4 is 14.8 Å². The van der Waals surface area contributed by atoms with Crippen molar-refractivity contribution >= 4 is 23.1 Å². The van der Waals surface area contributed by atoms with Crippen molar-refractivity contribution in [2.24, 2.45) is 0 Å². The number of carbonyl (C=O) groups excluding carboxylic acids is 1. The van der Waals surface area contributed by atoms with Gasteiger partial charge in [0, 0.05) is 22.7 Å². The lowest BCUT2D eigenvalue weighted by Gasteiger charge is -2.21. The number of rotatable bonds is 9. The highest BCUT2D eigenvalue weighted by molar-refractivity contribution is 6.30. The summed E-state index contributed by atoms with van der Waals surface area (Å²) in [6.45, 7) is 2.56. The van der Waals surface area contributed by atoms with Crippen LogP contribution in [0.1, 0.15) is 35.3 Å². The number of ketones is 1. The van der Waals surface area contributed by atoms with Gasteiger partial charge in [-0.15, -0.1) is 0 Å². The van der Waals surface area contributed by atoms with E-state index < -0.39 is 0 Å². The van der Waals surface area contributed by atoms with Crippen LogP contribution in [0.15, 0.2) is 72.8 Å². The average molecular weight is 410 g/mol. The van der Waals surface area contributed by atoms with Crippen molar-refractivity contribution in [3.8, 4) is 11.5 Å². The minimum Gasteiger partial charge on any atom is -0.497 e. The van der Waals surface area contributed by atoms with E-state index in [1.807, 2.05) is 55.5 Å². The summed E-state index contributed by atoms with van der Waals surface area (Å²) in [5.41, 5.74) is 2.56. The van der Waals surface area contributed by atoms with E-state index in [4.69, 9.17) is 21.1 Å². The molecule has 3 aromatic carbocycles. The zero-order chi connectivity index (χ0) is 20.6. The molecule has 0 saturated heterocycles. The van der Waals surface area contributed by atoms with Crippen LogP contribution in [0.25, 0.3) is 0 Å². The van der Waals surface area contributed by atoms with Gasteiger partial charge < -0.3 is 14.8 Å². The lowest BCUT2D eigenvalue weighted by Crippen LogP contribution is -2.16. The summed E-state index contributed by atoms with van der Waals surface area (Å²) < 4.78 is 10.8. The van der Waals surface area contributed by atoms with Crippen LogP contribution in [0, 0.1) is 0 Å². The fraction of sp³-hybridized carbons (Fsp3) is 0.208. The van der Waals surface area contributed by atoms with Crippen molar-refractivity contribution in [2.45, 2.75) is 19.4 Å². The number of carbonyl (C=O) groups is 1. The molecule has 0 fully saturated rings. The van der Waals surface area contributed by atoms with Gasteiger partial charge in [-0.1, -0.05) is 23.7 Å². The fourth-order valence-corrected chi connectivity index (χ4v) is 3.17. The molecular formula is C24H24ClNO3. The monoisotopic (exact) mass is 409 g/mol. The van der Waals surface area contributed by atoms with Gasteiger partial charge in [-0.2, -0.15) is 0 Å². The summed E-state index contributed by atoms with van der Waals surface area (Å²) in [4.78, 5) is 12.9. The zero-order valence-electron chi connectivity index (χ0n) is 16.5. The van der Waals surface area contributed by atoms with Gasteiger partial charge >= 0.3 is 0 Å². The topological polar surface area (TPSA) is 47.6 Å². The Kier molecular flexibility index (Phi) is 7.14. The molecule has 0 radical (unpaired) electrons. The average Bonchev–Trinajstić information content (AvgIpc) is 2.75. The molecule has 3 rings (SSSR count). The summed E-state index contributed by atoms with van der Waals surface area (Å²) in [6, 6.07) is 22.3. The highest BCUT2D eigenvalue weighted by Crippen LogP contribution is 2.27. The normalized spacial score (nSPS) is 11.6. The highest BCUT2D eigenvalue weighted by atomic mass is 35.5. The Hall–Kier alpha value is -2.98. The predicted molar refractivity (Wildman–Crippen MR) is 117 cm³/mol. The van der Waals surface area contributed by atoms with Crippen molar-refractivity contribution in [1.82, 2.24) is 0 Å². The van der Waals surface area contributed by atoms with E-state index in [1.54, 1.807) is 31.4 Å². The maximum Gasteiger partial charge on any atom is 0.165 e. The lowest BCUT2D eigenvalue weighted by molar-refractivity contribution is 0.0976. The van der Waals surface area contributed by atoms with Crippen molar-refractivity contribution < 1.29 is 14.3 Å². The van der Waals surface area contributed by atoms with Gasteiger partial charge in [0.15, 0.2) is 5.78 Å². The smallest absolute Gasteiger partial charge is 0.165 e. The van der Waals surface area contributed by atoms with Gasteiger partial charge in [-0.3, -0.25) is 4.79 Å². The van der Waals surface area contributed by atoms with E-state index in [2.05, 4.69) is 5.32 Å². The first-order chi connectivity index (χ1) is 14.1. The van der Waals surface area contributed by atoms with Gasteiger partial charge in [-0.25, -0.2) is 0 Å². The van der Waals surface area contributed by atoms with Crippen molar-refractivity contribution in [1.29, 1.82) is 0 Å². The molecule has 150 valence electrons. The molecule has 1 N–H and O–H groups in total. The summed E-state index contributed by atoms with van der Waals surface area (Å²) in [5, 5.41) is 4.08. The minimum atomic E-state index is -0.192. The molecule has 29 heavy (non-hydrogen) atoms. The van der Waals surface area contributed by atoms with Crippen molar-refractivity contribution in [3.63, 3.8) is 0 Å². The van der Waals surface area contributed by atoms with Crippen LogP contribution >= 0.6 is 11.6 Å². The number of Topliss-reactive ketones (excluding diaryl/α,β-unsaturated/α-hetero) is 1. The number of hydrogen-bond acceptors (Lipinski definition) is 4. The van der Waals surface area contributed by atoms with Crippen molar-refractivity contribution in [3.05, 3.63) is 88.9 Å². The van der Waals surface area contributed by atoms with Crippen LogP contribution in [-0.2, 0) is 0 Å². The molecule has 0 spiro atoms. The quantitative estimate of drug-likeness (QED) is 0.429. The Balaban J connectivity index is 1.83. The summed E-state index contributed by atoms with van der Waals surface area (Å²) in [6.07, 6.45) is 0.307. The molecular weight excluding hydrogens is 386 g/mol. The third-order valence-corrected chi connectivity index (χ3v) is 4.83. The predicted octanol–water partition coefficient (Wildman–Crippen LogP) is 6.17. The molecule has 0 heterocycles. The van der Waals surface area contributed by atoms with Gasteiger partial charge in [-0.05, 0) is 73.2 Å². The van der Waals surface area contributed by atoms with E-state index in [0.717, 1.165) is 22.7 Å². The number of nitrogens with one attached hydrogen (secondary N) is 1. The second kappa shape index (κ2) is 9.99. The molecule has 4 nitrogen and oxygen atoms in total. The minimum absolute atomic E-state index is 0.0431. The molecule has 0 amide bonds. The molecule has 1 unspecified atom stereocenters. The number of anilines is 1. The molecule has 0 aromatic heterocycles. The second-order valence-electron chi connectivity index (χ2n) is 6.56. The largest absolute Gasteiger partial charge is 0.497 e. The maximum absolute atomic E-state index is 12.9. The Bertz CT molecular complexity index is 922. The Morgan fingerprint density at radius 2 is 1.55 bits per heavy atom. The number of ether oxygens (including phenoxy) is 2. The third-order valence-electron chi connectivity index (χ3n) is 4.58. The molecule has 0 bridgehead atoms. The Labute approximate surface area is 176 Å². The molecule has 5 heteroatoms. The summed E-state index contributed by atoms with van der Waals surface area (Å²) in [5.74, 6) is 1.63. The van der Waals surface area contributed by atoms with E-state index in [-0.39, 0.29) is 11.8 Å². The van der Waals surface area contributed by atoms with E-state index in [9.17, 15) is 4.79 Å². The molecule has 3 aromatic rings. The molecule has 0 aliphatic rings. The van der Waals surface area contributed by atoms with E-state index in [0.29, 0.717) is 23.6 Å². The van der Waals surface area contributed by atoms with Crippen LogP contribution in [0.2, 0.25) is 5.02 Å². The number of benzene rings is 3. The zero-order valence-corrected chi connectivity index (χ0v) is 17.3. The highest BCUT2D eigenvalue weighted by Gasteiger charge is 2.18. The van der Waals surface area contributed by atoms with Gasteiger partial charge in [0.05, 0.1) is 19.8 Å². The first-order valence-corrected chi connectivity index (χ1v) is 9.89. The number of hydrogen-bond donors (Lipinski definition) is 1. The van der Waals surface area contributed by atoms with Crippen LogP contribution in [0.3, 0.4) is 0 Å². The molecule has 1 atom stereocenters. The van der Waals surface area contributed by atoms with Gasteiger partial charge in [0.25, 0.3) is 0 Å². The number of halogens is 1. The first-order valence-electron chi connectivity index (χ1n) is 9.51. The second-order valence-corrected chi connectivity index (χ2v) is 7.00. The molecule has 0 aliphatic heterocycles. The fourth-order valence-electron chi connectivity index (χ4n) is 3.04. The van der Waals surface area contributed by atoms with E-state index in [1.165, 1.54) is 0 Å². The Morgan fingerprint density at radius 3 is 2.14 bits per heavy atom. The third kappa shape index (κ3) is 5.75. The SMILES string of the molecule is CCOc1ccc(C(CC(=O)c2ccc(Cl)cc2)Nc2ccc(OC)cc2)cc1. The van der Waals surface area contributed by atoms with Crippen molar-refractivity contribution in [2.75, 3.05) is 19.0 Å². The molecule has 0 saturated carbocycles.